The van der Waals surface area contributed by atoms with Crippen LogP contribution in [0.5, 0.6) is 5.75 Å². The fourth-order valence-electron chi connectivity index (χ4n) is 3.49. The van der Waals surface area contributed by atoms with Gasteiger partial charge in [0.05, 0.1) is 18.5 Å². The van der Waals surface area contributed by atoms with E-state index in [9.17, 15) is 0 Å². The number of benzene rings is 2. The van der Waals surface area contributed by atoms with E-state index in [-0.39, 0.29) is 0 Å². The number of para-hydroxylation sites is 1. The largest absolute Gasteiger partial charge is 0.497 e. The van der Waals surface area contributed by atoms with Crippen molar-refractivity contribution < 1.29 is 4.74 Å². The first-order valence-corrected chi connectivity index (χ1v) is 10.1. The average Bonchev–Trinajstić information content (AvgIpc) is 3.23. The lowest BCUT2D eigenvalue weighted by molar-refractivity contribution is 0.415. The third kappa shape index (κ3) is 4.75. The molecule has 0 spiro atoms. The van der Waals surface area contributed by atoms with Gasteiger partial charge in [0.1, 0.15) is 5.75 Å². The van der Waals surface area contributed by atoms with Crippen LogP contribution in [-0.4, -0.2) is 27.9 Å². The molecular weight excluding hydrogens is 372 g/mol. The van der Waals surface area contributed by atoms with Crippen molar-refractivity contribution in [3.8, 4) is 22.7 Å². The SMILES string of the molecule is COc1cccc(-c2nn(-c3ccccc3)cc2CN[C@@H](C)Cc2cccnc2)c1. The van der Waals surface area contributed by atoms with Crippen LogP contribution in [0.25, 0.3) is 16.9 Å². The number of hydrogen-bond acceptors (Lipinski definition) is 4. The first-order valence-electron chi connectivity index (χ1n) is 10.1. The molecule has 0 bridgehead atoms. The van der Waals surface area contributed by atoms with Gasteiger partial charge < -0.3 is 10.1 Å². The van der Waals surface area contributed by atoms with Gasteiger partial charge in [0.2, 0.25) is 0 Å². The van der Waals surface area contributed by atoms with Gasteiger partial charge >= 0.3 is 0 Å². The number of pyridine rings is 1. The van der Waals surface area contributed by atoms with Crippen LogP contribution in [0.2, 0.25) is 0 Å². The third-order valence-electron chi connectivity index (χ3n) is 5.06. The summed E-state index contributed by atoms with van der Waals surface area (Å²) in [5.41, 5.74) is 5.41. The predicted molar refractivity (Wildman–Crippen MR) is 120 cm³/mol. The Morgan fingerprint density at radius 2 is 1.90 bits per heavy atom. The summed E-state index contributed by atoms with van der Waals surface area (Å²) in [7, 11) is 1.68. The third-order valence-corrected chi connectivity index (χ3v) is 5.06. The van der Waals surface area contributed by atoms with E-state index in [4.69, 9.17) is 9.84 Å². The number of nitrogens with zero attached hydrogens (tertiary/aromatic N) is 3. The van der Waals surface area contributed by atoms with E-state index in [1.807, 2.05) is 53.3 Å². The van der Waals surface area contributed by atoms with Crippen LogP contribution in [0.1, 0.15) is 18.1 Å². The van der Waals surface area contributed by atoms with Gasteiger partial charge in [0.15, 0.2) is 0 Å². The van der Waals surface area contributed by atoms with Gasteiger partial charge in [-0.1, -0.05) is 36.4 Å². The van der Waals surface area contributed by atoms with E-state index < -0.39 is 0 Å². The van der Waals surface area contributed by atoms with Gasteiger partial charge in [0.25, 0.3) is 0 Å². The lowest BCUT2D eigenvalue weighted by Gasteiger charge is -2.14. The summed E-state index contributed by atoms with van der Waals surface area (Å²) < 4.78 is 7.36. The summed E-state index contributed by atoms with van der Waals surface area (Å²) in [5.74, 6) is 0.825. The van der Waals surface area contributed by atoms with Crippen LogP contribution in [0.15, 0.2) is 85.3 Å². The Balaban J connectivity index is 1.59. The Kier molecular flexibility index (Phi) is 6.20. The minimum Gasteiger partial charge on any atom is -0.497 e. The highest BCUT2D eigenvalue weighted by Gasteiger charge is 2.14. The topological polar surface area (TPSA) is 52.0 Å². The molecular formula is C25H26N4O. The molecule has 2 aromatic heterocycles. The number of rotatable bonds is 8. The summed E-state index contributed by atoms with van der Waals surface area (Å²) in [6, 6.07) is 22.6. The van der Waals surface area contributed by atoms with Crippen LogP contribution in [0.3, 0.4) is 0 Å². The molecule has 0 aliphatic carbocycles. The van der Waals surface area contributed by atoms with Crippen molar-refractivity contribution in [2.24, 2.45) is 0 Å². The van der Waals surface area contributed by atoms with E-state index >= 15 is 0 Å². The van der Waals surface area contributed by atoms with Crippen molar-refractivity contribution in [1.29, 1.82) is 0 Å². The zero-order chi connectivity index (χ0) is 20.8. The molecule has 0 saturated heterocycles. The molecule has 4 aromatic rings. The second kappa shape index (κ2) is 9.37. The van der Waals surface area contributed by atoms with Gasteiger partial charge in [-0.25, -0.2) is 4.68 Å². The predicted octanol–water partition coefficient (Wildman–Crippen LogP) is 4.66. The van der Waals surface area contributed by atoms with E-state index in [1.165, 1.54) is 5.56 Å². The molecule has 0 amide bonds. The number of ether oxygens (including phenoxy) is 1. The number of methoxy groups -OCH3 is 1. The van der Waals surface area contributed by atoms with Crippen LogP contribution >= 0.6 is 0 Å². The molecule has 0 saturated carbocycles. The van der Waals surface area contributed by atoms with E-state index in [2.05, 4.69) is 47.7 Å². The molecule has 5 heteroatoms. The van der Waals surface area contributed by atoms with Gasteiger partial charge in [-0.15, -0.1) is 0 Å². The van der Waals surface area contributed by atoms with Crippen molar-refractivity contribution in [3.63, 3.8) is 0 Å². The molecule has 30 heavy (non-hydrogen) atoms. The van der Waals surface area contributed by atoms with E-state index in [0.29, 0.717) is 6.04 Å². The lowest BCUT2D eigenvalue weighted by atomic mass is 10.1. The van der Waals surface area contributed by atoms with Gasteiger partial charge in [0, 0.05) is 42.3 Å². The molecule has 0 unspecified atom stereocenters. The Morgan fingerprint density at radius 3 is 2.67 bits per heavy atom. The van der Waals surface area contributed by atoms with Crippen molar-refractivity contribution in [1.82, 2.24) is 20.1 Å². The summed E-state index contributed by atoms with van der Waals surface area (Å²) in [6.45, 7) is 2.92. The number of nitrogens with one attached hydrogen (secondary N) is 1. The summed E-state index contributed by atoms with van der Waals surface area (Å²) in [5, 5.41) is 8.54. The molecule has 1 atom stereocenters. The molecule has 152 valence electrons. The standard InChI is InChI=1S/C25H26N4O/c1-19(14-20-8-7-13-26-16-20)27-17-22-18-29(23-10-4-3-5-11-23)28-25(22)21-9-6-12-24(15-21)30-2/h3-13,15-16,18-19,27H,14,17H2,1-2H3/t19-/m0/s1. The Labute approximate surface area is 177 Å². The molecule has 1 N–H and O–H groups in total. The minimum atomic E-state index is 0.312. The van der Waals surface area contributed by atoms with Gasteiger partial charge in [-0.05, 0) is 49.2 Å². The molecule has 0 fully saturated rings. The van der Waals surface area contributed by atoms with Gasteiger partial charge in [-0.3, -0.25) is 4.98 Å². The highest BCUT2D eigenvalue weighted by molar-refractivity contribution is 5.65. The average molecular weight is 399 g/mol. The van der Waals surface area contributed by atoms with Crippen molar-refractivity contribution >= 4 is 0 Å². The first kappa shape index (κ1) is 19.9. The Bertz CT molecular complexity index is 1080. The smallest absolute Gasteiger partial charge is 0.119 e. The molecule has 5 nitrogen and oxygen atoms in total. The summed E-state index contributed by atoms with van der Waals surface area (Å²) >= 11 is 0. The Morgan fingerprint density at radius 1 is 1.03 bits per heavy atom. The van der Waals surface area contributed by atoms with Gasteiger partial charge in [-0.2, -0.15) is 5.10 Å². The van der Waals surface area contributed by atoms with Crippen molar-refractivity contribution in [2.75, 3.05) is 7.11 Å². The van der Waals surface area contributed by atoms with Crippen LogP contribution < -0.4 is 10.1 Å². The zero-order valence-corrected chi connectivity index (χ0v) is 17.3. The molecule has 0 aliphatic heterocycles. The second-order valence-electron chi connectivity index (χ2n) is 7.36. The van der Waals surface area contributed by atoms with Crippen LogP contribution in [0, 0.1) is 0 Å². The maximum Gasteiger partial charge on any atom is 0.119 e. The Hall–Kier alpha value is -3.44. The van der Waals surface area contributed by atoms with Crippen molar-refractivity contribution in [2.45, 2.75) is 25.9 Å². The normalized spacial score (nSPS) is 11.9. The highest BCUT2D eigenvalue weighted by Crippen LogP contribution is 2.27. The lowest BCUT2D eigenvalue weighted by Crippen LogP contribution is -2.27. The zero-order valence-electron chi connectivity index (χ0n) is 17.3. The molecule has 4 rings (SSSR count). The number of aromatic nitrogens is 3. The molecule has 0 aliphatic rings. The van der Waals surface area contributed by atoms with Crippen molar-refractivity contribution in [3.05, 3.63) is 96.4 Å². The maximum absolute atomic E-state index is 5.42. The minimum absolute atomic E-state index is 0.312. The fourth-order valence-corrected chi connectivity index (χ4v) is 3.49. The maximum atomic E-state index is 5.42. The summed E-state index contributed by atoms with van der Waals surface area (Å²) in [4.78, 5) is 4.21. The van der Waals surface area contributed by atoms with Crippen LogP contribution in [-0.2, 0) is 13.0 Å². The highest BCUT2D eigenvalue weighted by atomic mass is 16.5. The monoisotopic (exact) mass is 398 g/mol. The quantitative estimate of drug-likeness (QED) is 0.469. The second-order valence-corrected chi connectivity index (χ2v) is 7.36. The molecule has 2 aromatic carbocycles. The molecule has 0 radical (unpaired) electrons. The fraction of sp³-hybridized carbons (Fsp3) is 0.200. The first-order chi connectivity index (χ1) is 14.7. The van der Waals surface area contributed by atoms with E-state index in [0.717, 1.165) is 41.2 Å². The molecule has 2 heterocycles. The number of hydrogen-bond donors (Lipinski definition) is 1. The van der Waals surface area contributed by atoms with Crippen LogP contribution in [0.4, 0.5) is 0 Å². The van der Waals surface area contributed by atoms with E-state index in [1.54, 1.807) is 13.3 Å². The summed E-state index contributed by atoms with van der Waals surface area (Å²) in [6.07, 6.45) is 6.76.